The number of urea groups is 1. The summed E-state index contributed by atoms with van der Waals surface area (Å²) in [6.07, 6.45) is 1.19. The number of fused-ring (bicyclic) bond motifs is 1. The van der Waals surface area contributed by atoms with Crippen LogP contribution in [0.4, 0.5) is 21.9 Å². The van der Waals surface area contributed by atoms with Crippen LogP contribution in [0.3, 0.4) is 0 Å². The maximum absolute atomic E-state index is 14.1. The zero-order chi connectivity index (χ0) is 41.1. The number of H-pyrrole nitrogens is 1. The minimum Gasteiger partial charge on any atom is -0.478 e. The van der Waals surface area contributed by atoms with Gasteiger partial charge in [0.25, 0.3) is 5.91 Å². The van der Waals surface area contributed by atoms with E-state index in [1.807, 2.05) is 34.6 Å². The summed E-state index contributed by atoms with van der Waals surface area (Å²) in [7, 11) is 1.60. The molecule has 56 heavy (non-hydrogen) atoms. The summed E-state index contributed by atoms with van der Waals surface area (Å²) < 4.78 is 23.7. The molecule has 0 fully saturated rings. The minimum atomic E-state index is -0.857. The number of ether oxygens (including phenoxy) is 4. The SMILES string of the molecule is CCCCC(Oc1ccccc1NC(=O)Nc1ccc(NC(=O)COCCOCCOC)cc1)C(=O)NC(C)(C)C(C)(C)c1nnc2c(Cl)c(C(C)(C)C)[nH]n12. The number of hydrogen-bond donors (Lipinski definition) is 5. The van der Waals surface area contributed by atoms with Crippen molar-refractivity contribution in [3.63, 3.8) is 0 Å². The molecule has 0 spiro atoms. The van der Waals surface area contributed by atoms with E-state index >= 15 is 0 Å². The second kappa shape index (κ2) is 19.4. The van der Waals surface area contributed by atoms with Gasteiger partial charge in [0.2, 0.25) is 5.91 Å². The van der Waals surface area contributed by atoms with E-state index in [1.54, 1.807) is 60.2 Å². The van der Waals surface area contributed by atoms with Crippen LogP contribution in [0.25, 0.3) is 5.65 Å². The van der Waals surface area contributed by atoms with Crippen LogP contribution in [0.1, 0.15) is 86.2 Å². The lowest BCUT2D eigenvalue weighted by Gasteiger charge is -2.41. The fourth-order valence-electron chi connectivity index (χ4n) is 5.64. The quantitative estimate of drug-likeness (QED) is 0.0584. The van der Waals surface area contributed by atoms with Crippen LogP contribution < -0.4 is 26.0 Å². The molecule has 0 aliphatic rings. The summed E-state index contributed by atoms with van der Waals surface area (Å²) in [4.78, 5) is 39.4. The summed E-state index contributed by atoms with van der Waals surface area (Å²) in [6.45, 7) is 17.6. The number of benzene rings is 2. The van der Waals surface area contributed by atoms with Crippen molar-refractivity contribution in [3.05, 3.63) is 65.1 Å². The lowest BCUT2D eigenvalue weighted by Crippen LogP contribution is -2.59. The van der Waals surface area contributed by atoms with Crippen molar-refractivity contribution in [1.82, 2.24) is 25.1 Å². The Morgan fingerprint density at radius 3 is 2.16 bits per heavy atom. The number of carbonyl (C=O) groups excluding carboxylic acids is 3. The summed E-state index contributed by atoms with van der Waals surface area (Å²) in [5.41, 5.74) is 0.987. The van der Waals surface area contributed by atoms with E-state index in [0.717, 1.165) is 18.5 Å². The molecule has 0 aliphatic carbocycles. The number of halogens is 1. The Labute approximate surface area is 333 Å². The first-order valence-corrected chi connectivity index (χ1v) is 19.2. The molecule has 4 rings (SSSR count). The van der Waals surface area contributed by atoms with E-state index in [9.17, 15) is 14.4 Å². The van der Waals surface area contributed by atoms with E-state index in [4.69, 9.17) is 30.5 Å². The fourth-order valence-corrected chi connectivity index (χ4v) is 6.08. The Balaban J connectivity index is 1.38. The van der Waals surface area contributed by atoms with Gasteiger partial charge in [0.1, 0.15) is 17.4 Å². The molecule has 16 heteroatoms. The van der Waals surface area contributed by atoms with Crippen molar-refractivity contribution < 1.29 is 33.3 Å². The van der Waals surface area contributed by atoms with Gasteiger partial charge >= 0.3 is 6.03 Å². The maximum Gasteiger partial charge on any atom is 0.323 e. The van der Waals surface area contributed by atoms with E-state index in [2.05, 4.69) is 57.3 Å². The highest BCUT2D eigenvalue weighted by Crippen LogP contribution is 2.37. The third-order valence-corrected chi connectivity index (χ3v) is 9.95. The molecule has 5 N–H and O–H groups in total. The van der Waals surface area contributed by atoms with E-state index < -0.39 is 23.1 Å². The van der Waals surface area contributed by atoms with Gasteiger partial charge in [-0.15, -0.1) is 10.2 Å². The van der Waals surface area contributed by atoms with Crippen LogP contribution in [0, 0.1) is 0 Å². The molecule has 1 unspecified atom stereocenters. The molecule has 306 valence electrons. The molecule has 2 aromatic heterocycles. The largest absolute Gasteiger partial charge is 0.478 e. The van der Waals surface area contributed by atoms with Gasteiger partial charge in [0.15, 0.2) is 17.6 Å². The maximum atomic E-state index is 14.1. The van der Waals surface area contributed by atoms with Gasteiger partial charge in [0.05, 0.1) is 37.8 Å². The minimum absolute atomic E-state index is 0.122. The van der Waals surface area contributed by atoms with Gasteiger partial charge in [-0.2, -0.15) is 0 Å². The zero-order valence-corrected chi connectivity index (χ0v) is 34.7. The smallest absolute Gasteiger partial charge is 0.323 e. The molecule has 0 bridgehead atoms. The number of amides is 4. The summed E-state index contributed by atoms with van der Waals surface area (Å²) in [5, 5.41) is 24.4. The summed E-state index contributed by atoms with van der Waals surface area (Å²) in [5.74, 6) is 0.334. The molecule has 15 nitrogen and oxygen atoms in total. The second-order valence-corrected chi connectivity index (χ2v) is 16.0. The Kier molecular flexibility index (Phi) is 15.3. The number of nitrogens with one attached hydrogen (secondary N) is 5. The van der Waals surface area contributed by atoms with Gasteiger partial charge < -0.3 is 40.2 Å². The highest BCUT2D eigenvalue weighted by molar-refractivity contribution is 6.34. The molecule has 2 heterocycles. The fraction of sp³-hybridized carbons (Fsp3) is 0.525. The van der Waals surface area contributed by atoms with Gasteiger partial charge in [-0.25, -0.2) is 9.31 Å². The van der Waals surface area contributed by atoms with Crippen LogP contribution in [0.2, 0.25) is 5.02 Å². The first-order valence-electron chi connectivity index (χ1n) is 18.8. The number of methoxy groups -OCH3 is 1. The van der Waals surface area contributed by atoms with Crippen LogP contribution in [0.5, 0.6) is 5.75 Å². The normalized spacial score (nSPS) is 12.7. The van der Waals surface area contributed by atoms with E-state index in [-0.39, 0.29) is 30.4 Å². The van der Waals surface area contributed by atoms with Crippen LogP contribution in [-0.2, 0) is 34.6 Å². The number of para-hydroxylation sites is 2. The van der Waals surface area contributed by atoms with Crippen molar-refractivity contribution in [1.29, 1.82) is 0 Å². The molecule has 4 amide bonds. The Hall–Kier alpha value is -4.70. The zero-order valence-electron chi connectivity index (χ0n) is 33.9. The predicted molar refractivity (Wildman–Crippen MR) is 218 cm³/mol. The first kappa shape index (κ1) is 44.0. The van der Waals surface area contributed by atoms with Gasteiger partial charge in [0, 0.05) is 34.9 Å². The lowest BCUT2D eigenvalue weighted by molar-refractivity contribution is -0.130. The molecule has 2 aromatic carbocycles. The van der Waals surface area contributed by atoms with Gasteiger partial charge in [-0.05, 0) is 63.1 Å². The average molecular weight is 797 g/mol. The molecule has 0 saturated carbocycles. The summed E-state index contributed by atoms with van der Waals surface area (Å²) in [6, 6.07) is 13.1. The first-order chi connectivity index (χ1) is 26.5. The Morgan fingerprint density at radius 2 is 1.50 bits per heavy atom. The standard InChI is InChI=1S/C40H57ClN8O7/c1-10-11-15-30(35(51)45-40(7,8)39(5,6)36-47-46-34-32(41)33(38(2,3)4)48-49(34)36)56-29-16-13-12-14-28(29)44-37(52)43-27-19-17-26(18-20-27)42-31(50)25-55-24-23-54-22-21-53-9/h12-14,16-20,30,48H,10-11,15,21-25H2,1-9H3,(H,42,50)(H,45,51)(H2,43,44,52). The highest BCUT2D eigenvalue weighted by atomic mass is 35.5. The molecule has 0 saturated heterocycles. The molecular weight excluding hydrogens is 740 g/mol. The van der Waals surface area contributed by atoms with Crippen molar-refractivity contribution in [2.45, 2.75) is 97.1 Å². The number of anilines is 3. The lowest BCUT2D eigenvalue weighted by atomic mass is 9.73. The van der Waals surface area contributed by atoms with Crippen molar-refractivity contribution >= 4 is 52.2 Å². The monoisotopic (exact) mass is 796 g/mol. The number of carbonyl (C=O) groups is 3. The molecule has 0 radical (unpaired) electrons. The molecule has 1 atom stereocenters. The van der Waals surface area contributed by atoms with Crippen molar-refractivity contribution in [2.24, 2.45) is 0 Å². The Morgan fingerprint density at radius 1 is 0.857 bits per heavy atom. The second-order valence-electron chi connectivity index (χ2n) is 15.6. The van der Waals surface area contributed by atoms with Crippen molar-refractivity contribution in [3.8, 4) is 5.75 Å². The number of nitrogens with zero attached hydrogens (tertiary/aromatic N) is 3. The topological polar surface area (TPSA) is 182 Å². The van der Waals surface area contributed by atoms with Crippen LogP contribution in [0.15, 0.2) is 48.5 Å². The number of rotatable bonds is 20. The average Bonchev–Trinajstić information content (AvgIpc) is 3.71. The number of unbranched alkanes of at least 4 members (excludes halogenated alkanes) is 1. The number of aromatic amines is 1. The number of aromatic nitrogens is 4. The molecule has 4 aromatic rings. The van der Waals surface area contributed by atoms with Gasteiger partial charge in [-0.1, -0.05) is 71.7 Å². The third-order valence-electron chi connectivity index (χ3n) is 9.59. The van der Waals surface area contributed by atoms with Gasteiger partial charge in [-0.3, -0.25) is 14.7 Å². The molecular formula is C40H57ClN8O7. The molecule has 0 aliphatic heterocycles. The number of hydrogen-bond acceptors (Lipinski definition) is 9. The van der Waals surface area contributed by atoms with Crippen molar-refractivity contribution in [2.75, 3.05) is 56.1 Å². The third kappa shape index (κ3) is 11.4. The van der Waals surface area contributed by atoms with E-state index in [1.165, 1.54) is 0 Å². The predicted octanol–water partition coefficient (Wildman–Crippen LogP) is 7.08. The van der Waals surface area contributed by atoms with E-state index in [0.29, 0.717) is 65.5 Å². The highest BCUT2D eigenvalue weighted by Gasteiger charge is 2.45. The summed E-state index contributed by atoms with van der Waals surface area (Å²) >= 11 is 6.71. The van der Waals surface area contributed by atoms with Crippen LogP contribution >= 0.6 is 11.6 Å². The Bertz CT molecular complexity index is 1920. The van der Waals surface area contributed by atoms with Crippen LogP contribution in [-0.4, -0.2) is 89.4 Å².